The quantitative estimate of drug-likeness (QED) is 0.0262. The van der Waals surface area contributed by atoms with Crippen LogP contribution in [0.2, 0.25) is 0 Å². The molecule has 13 N–H and O–H groups in total. The smallest absolute Gasteiger partial charge is 0.475 e. The lowest BCUT2D eigenvalue weighted by molar-refractivity contribution is -0.192. The van der Waals surface area contributed by atoms with Crippen LogP contribution >= 0.6 is 0 Å². The molecule has 0 unspecified atom stereocenters. The monoisotopic (exact) mass is 1210 g/mol. The zero-order valence-electron chi connectivity index (χ0n) is 48.4. The summed E-state index contributed by atoms with van der Waals surface area (Å²) in [4.78, 5) is 134. The second kappa shape index (κ2) is 34.2. The number of hydrogen-bond donors (Lipinski definition) is 11. The van der Waals surface area contributed by atoms with E-state index in [1.807, 2.05) is 51.1 Å². The predicted octanol–water partition coefficient (Wildman–Crippen LogP) is 1.77. The third-order valence-electron chi connectivity index (χ3n) is 12.8. The molecule has 470 valence electrons. The van der Waals surface area contributed by atoms with Crippen molar-refractivity contribution in [1.82, 2.24) is 51.7 Å². The molecule has 0 radical (unpaired) electrons. The van der Waals surface area contributed by atoms with Crippen molar-refractivity contribution in [3.63, 3.8) is 0 Å². The van der Waals surface area contributed by atoms with Gasteiger partial charge in [0.1, 0.15) is 48.5 Å². The molecule has 0 saturated heterocycles. The number of alkyl halides is 3. The Balaban J connectivity index is 0.00000259. The number of aliphatic hydroxyl groups is 1. The number of aliphatic carboxylic acids is 1. The van der Waals surface area contributed by atoms with Gasteiger partial charge in [0.05, 0.1) is 18.9 Å². The van der Waals surface area contributed by atoms with Gasteiger partial charge in [0.25, 0.3) is 0 Å². The fourth-order valence-corrected chi connectivity index (χ4v) is 8.69. The first-order valence-corrected chi connectivity index (χ1v) is 27.2. The van der Waals surface area contributed by atoms with Crippen molar-refractivity contribution in [2.24, 2.45) is 16.9 Å². The Morgan fingerprint density at radius 2 is 1.28 bits per heavy atom. The first-order valence-electron chi connectivity index (χ1n) is 27.2. The van der Waals surface area contributed by atoms with Crippen LogP contribution in [0.4, 0.5) is 22.0 Å². The van der Waals surface area contributed by atoms with E-state index in [4.69, 9.17) is 21.4 Å². The van der Waals surface area contributed by atoms with Crippen molar-refractivity contribution in [2.45, 2.75) is 129 Å². The number of unbranched alkanes of at least 4 members (excludes halogenated alkanes) is 1. The summed E-state index contributed by atoms with van der Waals surface area (Å²) in [6, 6.07) is 9.48. The van der Waals surface area contributed by atoms with E-state index in [0.29, 0.717) is 37.1 Å². The Hall–Kier alpha value is -8.86. The summed E-state index contributed by atoms with van der Waals surface area (Å²) >= 11 is 0. The zero-order chi connectivity index (χ0) is 64.5. The number of primary amides is 1. The lowest BCUT2D eigenvalue weighted by Crippen LogP contribution is -2.58. The minimum atomic E-state index is -5.08. The summed E-state index contributed by atoms with van der Waals surface area (Å²) < 4.78 is 63.6. The van der Waals surface area contributed by atoms with E-state index < -0.39 is 132 Å². The van der Waals surface area contributed by atoms with Crippen molar-refractivity contribution in [3.05, 3.63) is 114 Å². The topological polar surface area (TPSA) is 368 Å². The molecule has 4 aromatic rings. The van der Waals surface area contributed by atoms with E-state index in [0.717, 1.165) is 23.8 Å². The van der Waals surface area contributed by atoms with Gasteiger partial charge in [-0.25, -0.2) is 13.6 Å². The largest absolute Gasteiger partial charge is 0.490 e. The van der Waals surface area contributed by atoms with Gasteiger partial charge < -0.3 is 68.4 Å². The summed E-state index contributed by atoms with van der Waals surface area (Å²) in [5.74, 6) is -11.1. The maximum atomic E-state index is 15.4. The summed E-state index contributed by atoms with van der Waals surface area (Å²) in [6.45, 7) is 8.24. The number of pyridine rings is 1. The number of rotatable bonds is 30. The average Bonchev–Trinajstić information content (AvgIpc) is 1.97. The van der Waals surface area contributed by atoms with Crippen LogP contribution in [-0.2, 0) is 60.9 Å². The van der Waals surface area contributed by atoms with E-state index in [2.05, 4.69) is 42.2 Å². The van der Waals surface area contributed by atoms with Crippen LogP contribution in [-0.4, -0.2) is 153 Å². The van der Waals surface area contributed by atoms with Crippen molar-refractivity contribution in [3.8, 4) is 11.1 Å². The van der Waals surface area contributed by atoms with Gasteiger partial charge in [-0.05, 0) is 99.0 Å². The molecule has 2 aromatic carbocycles. The number of carbonyl (C=O) groups excluding carboxylic acids is 9. The minimum absolute atomic E-state index is 0.0526. The SMILES string of the molecule is CC(=O)N[C@@H](CCCCN)C(=O)NCCNC(=O)[C@H](CCN(C(=O)CO)[C@@H](c1cc(-c2cc(F)ccc2F)cn1Cc1ccccc1)C(C)(C)C)NC(=O)[C@H](CC(N)=O)NC(=O)[C@H](C)NC(=O)[C@H](C)NC(=O)Cc1ccncc1.O=C(O)C(F)(F)F. The predicted molar refractivity (Wildman–Crippen MR) is 302 cm³/mol. The van der Waals surface area contributed by atoms with E-state index in [9.17, 15) is 65.8 Å². The highest BCUT2D eigenvalue weighted by atomic mass is 19.4. The van der Waals surface area contributed by atoms with Gasteiger partial charge >= 0.3 is 12.1 Å². The maximum absolute atomic E-state index is 15.4. The number of halogens is 5. The number of aliphatic hydroxyl groups excluding tert-OH is 1. The molecule has 4 rings (SSSR count). The van der Waals surface area contributed by atoms with Crippen LogP contribution in [0.15, 0.2) is 85.3 Å². The summed E-state index contributed by atoms with van der Waals surface area (Å²) in [5, 5.41) is 35.5. The molecule has 9 amide bonds. The number of carboxylic acids is 1. The van der Waals surface area contributed by atoms with Gasteiger partial charge in [0.15, 0.2) is 0 Å². The third-order valence-corrected chi connectivity index (χ3v) is 12.8. The lowest BCUT2D eigenvalue weighted by atomic mass is 9.82. The van der Waals surface area contributed by atoms with Crippen molar-refractivity contribution >= 4 is 59.1 Å². The van der Waals surface area contributed by atoms with Crippen LogP contribution in [0.1, 0.15) is 96.5 Å². The number of carbonyl (C=O) groups is 10. The number of carboxylic acid groups (broad SMARTS) is 1. The van der Waals surface area contributed by atoms with Crippen LogP contribution in [0.5, 0.6) is 0 Å². The molecule has 0 aliphatic heterocycles. The number of benzene rings is 2. The lowest BCUT2D eigenvalue weighted by Gasteiger charge is -2.41. The Bertz CT molecular complexity index is 2960. The Morgan fingerprint density at radius 1 is 0.709 bits per heavy atom. The fourth-order valence-electron chi connectivity index (χ4n) is 8.69. The number of aromatic nitrogens is 2. The molecule has 0 spiro atoms. The number of hydrogen-bond acceptors (Lipinski definition) is 13. The molecule has 0 aliphatic rings. The van der Waals surface area contributed by atoms with Gasteiger partial charge in [-0.3, -0.25) is 48.1 Å². The van der Waals surface area contributed by atoms with Crippen LogP contribution in [0.25, 0.3) is 11.1 Å². The molecular formula is C57H75F5N12O12. The van der Waals surface area contributed by atoms with Gasteiger partial charge in [-0.2, -0.15) is 13.2 Å². The number of nitrogens with one attached hydrogen (secondary N) is 7. The first-order chi connectivity index (χ1) is 40.4. The van der Waals surface area contributed by atoms with Crippen LogP contribution in [0.3, 0.4) is 0 Å². The highest BCUT2D eigenvalue weighted by Crippen LogP contribution is 2.41. The van der Waals surface area contributed by atoms with Gasteiger partial charge in [0.2, 0.25) is 53.2 Å². The Labute approximate surface area is 493 Å². The van der Waals surface area contributed by atoms with Crippen molar-refractivity contribution in [1.29, 1.82) is 0 Å². The second-order valence-electron chi connectivity index (χ2n) is 21.0. The van der Waals surface area contributed by atoms with E-state index in [1.54, 1.807) is 29.0 Å². The van der Waals surface area contributed by atoms with Crippen LogP contribution < -0.4 is 48.7 Å². The van der Waals surface area contributed by atoms with Crippen LogP contribution in [0, 0.1) is 17.0 Å². The van der Waals surface area contributed by atoms with Gasteiger partial charge in [-0.15, -0.1) is 0 Å². The second-order valence-corrected chi connectivity index (χ2v) is 21.0. The highest BCUT2D eigenvalue weighted by molar-refractivity contribution is 5.97. The molecule has 86 heavy (non-hydrogen) atoms. The molecule has 29 heteroatoms. The fraction of sp³-hybridized carbons (Fsp3) is 0.456. The van der Waals surface area contributed by atoms with E-state index in [-0.39, 0.29) is 50.1 Å². The van der Waals surface area contributed by atoms with Crippen molar-refractivity contribution in [2.75, 3.05) is 32.8 Å². The van der Waals surface area contributed by atoms with E-state index in [1.165, 1.54) is 38.1 Å². The maximum Gasteiger partial charge on any atom is 0.490 e. The molecule has 24 nitrogen and oxygen atoms in total. The number of nitrogens with zero attached hydrogens (tertiary/aromatic N) is 3. The third kappa shape index (κ3) is 24.0. The van der Waals surface area contributed by atoms with Crippen molar-refractivity contribution < 1.29 is 80.1 Å². The Morgan fingerprint density at radius 3 is 1.83 bits per heavy atom. The molecule has 0 bridgehead atoms. The Kier molecular flexibility index (Phi) is 28.4. The zero-order valence-corrected chi connectivity index (χ0v) is 48.4. The molecule has 6 atom stereocenters. The van der Waals surface area contributed by atoms with Gasteiger partial charge in [-0.1, -0.05) is 51.1 Å². The molecule has 0 fully saturated rings. The normalized spacial score (nSPS) is 13.3. The number of amides is 9. The number of nitrogens with two attached hydrogens (primary N) is 2. The summed E-state index contributed by atoms with van der Waals surface area (Å²) in [5.41, 5.74) is 12.4. The molecule has 2 aromatic heterocycles. The molecule has 0 saturated carbocycles. The first kappa shape index (κ1) is 71.4. The highest BCUT2D eigenvalue weighted by Gasteiger charge is 2.40. The van der Waals surface area contributed by atoms with E-state index >= 15 is 4.39 Å². The summed E-state index contributed by atoms with van der Waals surface area (Å²) in [6.07, 6.45) is -0.218. The average molecular weight is 1220 g/mol. The van der Waals surface area contributed by atoms with Gasteiger partial charge in [0, 0.05) is 68.5 Å². The molecule has 2 heterocycles. The minimum Gasteiger partial charge on any atom is -0.475 e. The molecule has 0 aliphatic carbocycles. The standard InChI is InChI=1S/C55H74F2N12O10.C2HF3O2/c1-33(63-47(73)26-36-17-21-60-22-18-36)50(75)64-34(2)51(76)67-44(29-46(59)72)54(79)66-43(53(78)62-24-23-61-52(77)42(65-35(3)71)14-10-11-20-58)19-25-69(48(74)32-70)49(55(4,5)6)45-27-38(40-28-39(56)15-16-41(40)57)31-68(45)30-37-12-8-7-9-13-37;3-2(4,5)1(6)7/h7-9,12-13,15-18,21-22,27-28,31,33-34,42-44,49,70H,10-11,14,19-20,23-26,29-30,32,58H2,1-6H3,(H2,59,72)(H,61,77)(H,62,78)(H,63,73)(H,64,75)(H,65,71)(H,66,79)(H,67,76);(H,6,7)/t33-,34-,42-,43-,44-,49-;/m0./s1. The summed E-state index contributed by atoms with van der Waals surface area (Å²) in [7, 11) is 0. The molecular weight excluding hydrogens is 1140 g/mol.